The smallest absolute Gasteiger partial charge is 0.279 e. The van der Waals surface area contributed by atoms with Gasteiger partial charge < -0.3 is 24.4 Å². The molecule has 1 amide bonds. The van der Waals surface area contributed by atoms with Crippen LogP contribution in [0.5, 0.6) is 11.5 Å². The molecule has 0 bridgehead atoms. The fourth-order valence-electron chi connectivity index (χ4n) is 2.24. The van der Waals surface area contributed by atoms with E-state index in [1.54, 1.807) is 12.1 Å². The highest BCUT2D eigenvalue weighted by molar-refractivity contribution is 5.91. The minimum absolute atomic E-state index is 0.00997. The Hall–Kier alpha value is -1.79. The van der Waals surface area contributed by atoms with Crippen LogP contribution in [-0.4, -0.2) is 45.5 Å². The second-order valence-corrected chi connectivity index (χ2v) is 4.66. The summed E-state index contributed by atoms with van der Waals surface area (Å²) < 4.78 is 15.8. The van der Waals surface area contributed by atoms with Crippen LogP contribution in [0.3, 0.4) is 0 Å². The Kier molecular flexibility index (Phi) is 3.52. The maximum absolute atomic E-state index is 11.9. The number of fused-ring (bicyclic) bond motifs is 1. The van der Waals surface area contributed by atoms with E-state index in [1.165, 1.54) is 4.90 Å². The summed E-state index contributed by atoms with van der Waals surface area (Å²) in [5.74, 6) is 1.41. The standard InChI is InChI=1S/C13H16N2O4/c16-13(8-15-3-5-17-6-4-15)14-10-1-2-11-12(7-10)19-9-18-11/h1-2,7H,3-6,8-9H2,(H,14,16)/p+1. The number of morpholine rings is 1. The van der Waals surface area contributed by atoms with Gasteiger partial charge in [-0.3, -0.25) is 4.79 Å². The van der Waals surface area contributed by atoms with Gasteiger partial charge in [0.15, 0.2) is 18.0 Å². The Bertz CT molecular complexity index is 472. The van der Waals surface area contributed by atoms with Gasteiger partial charge in [-0.25, -0.2) is 0 Å². The third-order valence-corrected chi connectivity index (χ3v) is 3.27. The molecule has 0 atom stereocenters. The minimum Gasteiger partial charge on any atom is -0.454 e. The molecule has 0 unspecified atom stereocenters. The number of rotatable bonds is 3. The molecule has 2 heterocycles. The SMILES string of the molecule is O=C(C[NH+]1CCOCC1)Nc1ccc2c(c1)OCO2. The van der Waals surface area contributed by atoms with Crippen LogP contribution < -0.4 is 19.7 Å². The number of benzene rings is 1. The zero-order chi connectivity index (χ0) is 13.1. The van der Waals surface area contributed by atoms with Crippen molar-refractivity contribution < 1.29 is 23.9 Å². The molecule has 0 saturated carbocycles. The van der Waals surface area contributed by atoms with E-state index < -0.39 is 0 Å². The minimum atomic E-state index is 0.00997. The van der Waals surface area contributed by atoms with Crippen molar-refractivity contribution in [1.29, 1.82) is 0 Å². The van der Waals surface area contributed by atoms with Crippen molar-refractivity contribution in [3.8, 4) is 11.5 Å². The van der Waals surface area contributed by atoms with Crippen molar-refractivity contribution in [2.75, 3.05) is 45.0 Å². The first-order valence-corrected chi connectivity index (χ1v) is 6.42. The van der Waals surface area contributed by atoms with E-state index >= 15 is 0 Å². The zero-order valence-corrected chi connectivity index (χ0v) is 10.6. The first-order valence-electron chi connectivity index (χ1n) is 6.42. The lowest BCUT2D eigenvalue weighted by molar-refractivity contribution is -0.899. The Labute approximate surface area is 111 Å². The highest BCUT2D eigenvalue weighted by Gasteiger charge is 2.19. The van der Waals surface area contributed by atoms with Gasteiger partial charge >= 0.3 is 0 Å². The number of hydrogen-bond donors (Lipinski definition) is 2. The zero-order valence-electron chi connectivity index (χ0n) is 10.6. The summed E-state index contributed by atoms with van der Waals surface area (Å²) in [6.07, 6.45) is 0. The molecule has 6 nitrogen and oxygen atoms in total. The van der Waals surface area contributed by atoms with E-state index in [2.05, 4.69) is 5.32 Å². The van der Waals surface area contributed by atoms with Crippen molar-refractivity contribution in [3.63, 3.8) is 0 Å². The molecule has 0 spiro atoms. The number of quaternary nitrogens is 1. The molecule has 102 valence electrons. The van der Waals surface area contributed by atoms with Gasteiger partial charge in [-0.05, 0) is 12.1 Å². The van der Waals surface area contributed by atoms with Gasteiger partial charge in [0.05, 0.1) is 13.2 Å². The van der Waals surface area contributed by atoms with Gasteiger partial charge in [-0.15, -0.1) is 0 Å². The highest BCUT2D eigenvalue weighted by Crippen LogP contribution is 2.34. The summed E-state index contributed by atoms with van der Waals surface area (Å²) in [6.45, 7) is 3.94. The van der Waals surface area contributed by atoms with Crippen LogP contribution in [0.2, 0.25) is 0 Å². The summed E-state index contributed by atoms with van der Waals surface area (Å²) in [5.41, 5.74) is 0.738. The van der Waals surface area contributed by atoms with E-state index in [-0.39, 0.29) is 12.7 Å². The molecule has 0 radical (unpaired) electrons. The number of anilines is 1. The van der Waals surface area contributed by atoms with Crippen molar-refractivity contribution in [3.05, 3.63) is 18.2 Å². The number of carbonyl (C=O) groups is 1. The molecule has 1 fully saturated rings. The predicted molar refractivity (Wildman–Crippen MR) is 67.6 cm³/mol. The first-order chi connectivity index (χ1) is 9.31. The van der Waals surface area contributed by atoms with Crippen LogP contribution in [0, 0.1) is 0 Å². The molecule has 6 heteroatoms. The second kappa shape index (κ2) is 5.46. The Morgan fingerprint density at radius 2 is 2.00 bits per heavy atom. The van der Waals surface area contributed by atoms with Gasteiger partial charge in [-0.1, -0.05) is 0 Å². The maximum atomic E-state index is 11.9. The van der Waals surface area contributed by atoms with Gasteiger partial charge in [0.25, 0.3) is 5.91 Å². The first kappa shape index (κ1) is 12.3. The highest BCUT2D eigenvalue weighted by atomic mass is 16.7. The Morgan fingerprint density at radius 3 is 2.84 bits per heavy atom. The predicted octanol–water partition coefficient (Wildman–Crippen LogP) is -0.731. The van der Waals surface area contributed by atoms with Crippen LogP contribution in [0.15, 0.2) is 18.2 Å². The van der Waals surface area contributed by atoms with E-state index in [9.17, 15) is 4.79 Å². The number of hydrogen-bond acceptors (Lipinski definition) is 4. The van der Waals surface area contributed by atoms with Crippen LogP contribution >= 0.6 is 0 Å². The molecule has 1 aromatic rings. The average Bonchev–Trinajstić information content (AvgIpc) is 2.87. The lowest BCUT2D eigenvalue weighted by Gasteiger charge is -2.23. The molecule has 0 aliphatic carbocycles. The summed E-state index contributed by atoms with van der Waals surface area (Å²) in [5, 5.41) is 2.88. The lowest BCUT2D eigenvalue weighted by Crippen LogP contribution is -3.15. The third-order valence-electron chi connectivity index (χ3n) is 3.27. The van der Waals surface area contributed by atoms with Crippen molar-refractivity contribution in [2.45, 2.75) is 0 Å². The molecule has 2 aliphatic heterocycles. The number of ether oxygens (including phenoxy) is 3. The van der Waals surface area contributed by atoms with Crippen LogP contribution in [0.25, 0.3) is 0 Å². The number of amides is 1. The van der Waals surface area contributed by atoms with E-state index in [4.69, 9.17) is 14.2 Å². The van der Waals surface area contributed by atoms with Crippen molar-refractivity contribution in [1.82, 2.24) is 0 Å². The summed E-state index contributed by atoms with van der Waals surface area (Å²) in [6, 6.07) is 5.41. The summed E-state index contributed by atoms with van der Waals surface area (Å²) >= 11 is 0. The molecule has 2 aliphatic rings. The molecule has 1 aromatic carbocycles. The maximum Gasteiger partial charge on any atom is 0.279 e. The molecule has 2 N–H and O–H groups in total. The van der Waals surface area contributed by atoms with E-state index in [0.29, 0.717) is 12.3 Å². The van der Waals surface area contributed by atoms with Gasteiger partial charge in [0, 0.05) is 11.8 Å². The van der Waals surface area contributed by atoms with Crippen molar-refractivity contribution in [2.24, 2.45) is 0 Å². The van der Waals surface area contributed by atoms with Crippen LogP contribution in [0.4, 0.5) is 5.69 Å². The molecule has 3 rings (SSSR count). The fourth-order valence-corrected chi connectivity index (χ4v) is 2.24. The van der Waals surface area contributed by atoms with Crippen molar-refractivity contribution >= 4 is 11.6 Å². The normalized spacial score (nSPS) is 18.3. The van der Waals surface area contributed by atoms with Crippen LogP contribution in [-0.2, 0) is 9.53 Å². The number of carbonyl (C=O) groups excluding carboxylic acids is 1. The average molecular weight is 265 g/mol. The van der Waals surface area contributed by atoms with E-state index in [1.807, 2.05) is 6.07 Å². The van der Waals surface area contributed by atoms with Gasteiger partial charge in [0.2, 0.25) is 6.79 Å². The molecule has 1 saturated heterocycles. The molecular weight excluding hydrogens is 248 g/mol. The second-order valence-electron chi connectivity index (χ2n) is 4.66. The van der Waals surface area contributed by atoms with Crippen LogP contribution in [0.1, 0.15) is 0 Å². The Balaban J connectivity index is 1.56. The quantitative estimate of drug-likeness (QED) is 0.756. The largest absolute Gasteiger partial charge is 0.454 e. The molecule has 0 aromatic heterocycles. The lowest BCUT2D eigenvalue weighted by atomic mass is 10.2. The molecular formula is C13H17N2O4+. The van der Waals surface area contributed by atoms with Gasteiger partial charge in [-0.2, -0.15) is 0 Å². The topological polar surface area (TPSA) is 61.2 Å². The Morgan fingerprint density at radius 1 is 1.21 bits per heavy atom. The number of nitrogens with one attached hydrogen (secondary N) is 2. The van der Waals surface area contributed by atoms with E-state index in [0.717, 1.165) is 37.7 Å². The molecule has 19 heavy (non-hydrogen) atoms. The fraction of sp³-hybridized carbons (Fsp3) is 0.462. The summed E-state index contributed by atoms with van der Waals surface area (Å²) in [4.78, 5) is 13.2. The summed E-state index contributed by atoms with van der Waals surface area (Å²) in [7, 11) is 0. The monoisotopic (exact) mass is 265 g/mol. The van der Waals surface area contributed by atoms with Gasteiger partial charge in [0.1, 0.15) is 13.1 Å². The third kappa shape index (κ3) is 2.97.